The maximum atomic E-state index is 11.2. The zero-order valence-electron chi connectivity index (χ0n) is 17.9. The van der Waals surface area contributed by atoms with Crippen molar-refractivity contribution in [1.82, 2.24) is 5.32 Å². The van der Waals surface area contributed by atoms with Crippen LogP contribution in [0.5, 0.6) is 0 Å². The summed E-state index contributed by atoms with van der Waals surface area (Å²) in [5.74, 6) is -0.630. The van der Waals surface area contributed by atoms with Gasteiger partial charge in [-0.2, -0.15) is 0 Å². The van der Waals surface area contributed by atoms with Gasteiger partial charge in [-0.3, -0.25) is 9.59 Å². The molecule has 0 fully saturated rings. The maximum Gasteiger partial charge on any atom is 0.302 e. The van der Waals surface area contributed by atoms with E-state index in [0.29, 0.717) is 6.42 Å². The Bertz CT molecular complexity index is 373. The van der Waals surface area contributed by atoms with Gasteiger partial charge in [-0.25, -0.2) is 0 Å². The zero-order valence-corrected chi connectivity index (χ0v) is 17.9. The highest BCUT2D eigenvalue weighted by Crippen LogP contribution is 2.14. The molecule has 0 saturated heterocycles. The Hall–Kier alpha value is -1.10. The van der Waals surface area contributed by atoms with Crippen molar-refractivity contribution in [2.24, 2.45) is 0 Å². The molecule has 2 atom stereocenters. The fourth-order valence-electron chi connectivity index (χ4n) is 3.29. The third-order valence-corrected chi connectivity index (χ3v) is 4.92. The molecule has 0 bridgehead atoms. The van der Waals surface area contributed by atoms with Crippen molar-refractivity contribution in [3.8, 4) is 0 Å². The van der Waals surface area contributed by atoms with Gasteiger partial charge in [0.2, 0.25) is 5.91 Å². The molecule has 0 aromatic rings. The Morgan fingerprint density at radius 3 is 1.67 bits per heavy atom. The molecule has 27 heavy (non-hydrogen) atoms. The van der Waals surface area contributed by atoms with E-state index in [1.807, 2.05) is 0 Å². The second kappa shape index (κ2) is 18.3. The number of esters is 1. The Labute approximate surface area is 166 Å². The minimum atomic E-state index is -0.680. The van der Waals surface area contributed by atoms with Gasteiger partial charge in [0.1, 0.15) is 6.61 Å². The van der Waals surface area contributed by atoms with Crippen LogP contribution in [-0.4, -0.2) is 35.7 Å². The molecular formula is C22H43NO4. The summed E-state index contributed by atoms with van der Waals surface area (Å²) in [4.78, 5) is 22.2. The molecule has 0 heterocycles. The van der Waals surface area contributed by atoms with E-state index >= 15 is 0 Å². The van der Waals surface area contributed by atoms with Crippen LogP contribution in [0.4, 0.5) is 0 Å². The van der Waals surface area contributed by atoms with E-state index in [2.05, 4.69) is 12.2 Å². The van der Waals surface area contributed by atoms with E-state index in [-0.39, 0.29) is 12.5 Å². The van der Waals surface area contributed by atoms with Crippen LogP contribution in [0.25, 0.3) is 0 Å². The zero-order chi connectivity index (χ0) is 20.3. The fraction of sp³-hybridized carbons (Fsp3) is 0.909. The predicted molar refractivity (Wildman–Crippen MR) is 111 cm³/mol. The van der Waals surface area contributed by atoms with Crippen LogP contribution in [0.15, 0.2) is 0 Å². The molecule has 5 nitrogen and oxygen atoms in total. The van der Waals surface area contributed by atoms with E-state index in [4.69, 9.17) is 4.74 Å². The predicted octanol–water partition coefficient (Wildman–Crippen LogP) is 4.90. The van der Waals surface area contributed by atoms with Crippen LogP contribution in [0.3, 0.4) is 0 Å². The van der Waals surface area contributed by atoms with Gasteiger partial charge in [-0.05, 0) is 6.42 Å². The molecule has 0 aliphatic rings. The van der Waals surface area contributed by atoms with Crippen molar-refractivity contribution >= 4 is 11.9 Å². The average molecular weight is 386 g/mol. The number of unbranched alkanes of at least 4 members (excludes halogenated alkanes) is 12. The van der Waals surface area contributed by atoms with E-state index in [1.165, 1.54) is 84.5 Å². The largest absolute Gasteiger partial charge is 0.464 e. The Morgan fingerprint density at radius 2 is 1.26 bits per heavy atom. The number of hydrogen-bond donors (Lipinski definition) is 2. The molecule has 0 spiro atoms. The molecule has 0 unspecified atom stereocenters. The van der Waals surface area contributed by atoms with Crippen LogP contribution in [0.1, 0.15) is 111 Å². The van der Waals surface area contributed by atoms with Crippen molar-refractivity contribution in [2.75, 3.05) is 6.61 Å². The summed E-state index contributed by atoms with van der Waals surface area (Å²) < 4.78 is 4.93. The molecule has 160 valence electrons. The summed E-state index contributed by atoms with van der Waals surface area (Å²) in [6.07, 6.45) is 16.7. The Kier molecular flexibility index (Phi) is 17.5. The summed E-state index contributed by atoms with van der Waals surface area (Å²) in [5.41, 5.74) is 0. The van der Waals surface area contributed by atoms with E-state index in [9.17, 15) is 14.7 Å². The monoisotopic (exact) mass is 385 g/mol. The van der Waals surface area contributed by atoms with Gasteiger partial charge in [-0.15, -0.1) is 0 Å². The molecular weight excluding hydrogens is 342 g/mol. The number of carbonyl (C=O) groups excluding carboxylic acids is 2. The molecule has 0 aliphatic carbocycles. The first-order chi connectivity index (χ1) is 13.0. The number of aliphatic hydroxyl groups is 1. The topological polar surface area (TPSA) is 75.6 Å². The van der Waals surface area contributed by atoms with Gasteiger partial charge >= 0.3 is 5.97 Å². The number of nitrogens with one attached hydrogen (secondary N) is 1. The number of ether oxygens (including phenoxy) is 1. The summed E-state index contributed by atoms with van der Waals surface area (Å²) >= 11 is 0. The van der Waals surface area contributed by atoms with Crippen LogP contribution < -0.4 is 5.32 Å². The van der Waals surface area contributed by atoms with E-state index in [0.717, 1.165) is 12.8 Å². The van der Waals surface area contributed by atoms with Crippen LogP contribution >= 0.6 is 0 Å². The fourth-order valence-corrected chi connectivity index (χ4v) is 3.29. The first-order valence-electron chi connectivity index (χ1n) is 11.1. The number of hydrogen-bond acceptors (Lipinski definition) is 4. The Morgan fingerprint density at radius 1 is 0.815 bits per heavy atom. The second-order valence-corrected chi connectivity index (χ2v) is 7.71. The minimum absolute atomic E-state index is 0.0223. The number of carbonyl (C=O) groups is 2. The van der Waals surface area contributed by atoms with Gasteiger partial charge in [0.15, 0.2) is 0 Å². The van der Waals surface area contributed by atoms with Gasteiger partial charge in [0, 0.05) is 13.8 Å². The van der Waals surface area contributed by atoms with Gasteiger partial charge < -0.3 is 15.2 Å². The van der Waals surface area contributed by atoms with Gasteiger partial charge in [0.25, 0.3) is 0 Å². The first-order valence-corrected chi connectivity index (χ1v) is 11.1. The number of aliphatic hydroxyl groups excluding tert-OH is 1. The molecule has 0 aliphatic heterocycles. The lowest BCUT2D eigenvalue weighted by Crippen LogP contribution is -2.45. The average Bonchev–Trinajstić information content (AvgIpc) is 2.61. The van der Waals surface area contributed by atoms with Crippen molar-refractivity contribution in [3.63, 3.8) is 0 Å². The smallest absolute Gasteiger partial charge is 0.302 e. The molecule has 0 saturated carbocycles. The summed E-state index contributed by atoms with van der Waals surface area (Å²) in [6, 6.07) is -0.524. The molecule has 0 aromatic carbocycles. The van der Waals surface area contributed by atoms with Crippen LogP contribution in [0, 0.1) is 0 Å². The van der Waals surface area contributed by atoms with Gasteiger partial charge in [0.05, 0.1) is 12.1 Å². The minimum Gasteiger partial charge on any atom is -0.464 e. The third kappa shape index (κ3) is 18.0. The molecule has 2 N–H and O–H groups in total. The summed E-state index contributed by atoms with van der Waals surface area (Å²) in [6.45, 7) is 5.00. The summed E-state index contributed by atoms with van der Waals surface area (Å²) in [7, 11) is 0. The molecule has 0 aromatic heterocycles. The normalized spacial score (nSPS) is 13.2. The highest BCUT2D eigenvalue weighted by molar-refractivity contribution is 5.73. The quantitative estimate of drug-likeness (QED) is 0.260. The van der Waals surface area contributed by atoms with Crippen molar-refractivity contribution in [2.45, 2.75) is 123 Å². The summed E-state index contributed by atoms with van der Waals surface area (Å²) in [5, 5.41) is 12.9. The second-order valence-electron chi connectivity index (χ2n) is 7.71. The number of amides is 1. The molecule has 0 rings (SSSR count). The molecule has 1 amide bonds. The first kappa shape index (κ1) is 25.9. The number of rotatable bonds is 18. The molecule has 5 heteroatoms. The lowest BCUT2D eigenvalue weighted by Gasteiger charge is -2.23. The third-order valence-electron chi connectivity index (χ3n) is 4.92. The highest BCUT2D eigenvalue weighted by Gasteiger charge is 2.21. The Balaban J connectivity index is 3.60. The van der Waals surface area contributed by atoms with E-state index in [1.54, 1.807) is 0 Å². The van der Waals surface area contributed by atoms with Crippen molar-refractivity contribution in [3.05, 3.63) is 0 Å². The van der Waals surface area contributed by atoms with Gasteiger partial charge in [-0.1, -0.05) is 90.4 Å². The van der Waals surface area contributed by atoms with Crippen LogP contribution in [0.2, 0.25) is 0 Å². The highest BCUT2D eigenvalue weighted by atomic mass is 16.5. The maximum absolute atomic E-state index is 11.2. The lowest BCUT2D eigenvalue weighted by atomic mass is 10.0. The van der Waals surface area contributed by atoms with E-state index < -0.39 is 18.1 Å². The van der Waals surface area contributed by atoms with Crippen molar-refractivity contribution in [1.29, 1.82) is 0 Å². The lowest BCUT2D eigenvalue weighted by molar-refractivity contribution is -0.143. The van der Waals surface area contributed by atoms with Crippen LogP contribution in [-0.2, 0) is 14.3 Å². The standard InChI is InChI=1S/C22H43NO4/c1-4-5-6-7-8-9-10-11-12-13-14-15-16-17-22(26)21(23-19(2)24)18-27-20(3)25/h21-22,26H,4-18H2,1-3H3,(H,23,24)/t21-,22+/m1/s1. The molecule has 0 radical (unpaired) electrons. The SMILES string of the molecule is CCCCCCCCCCCCCCC[C@H](O)[C@@H](COC(C)=O)NC(C)=O. The van der Waals surface area contributed by atoms with Crippen molar-refractivity contribution < 1.29 is 19.4 Å².